The molecule has 0 saturated carbocycles. The smallest absolute Gasteiger partial charge is 0.262 e. The summed E-state index contributed by atoms with van der Waals surface area (Å²) >= 11 is 6.19. The van der Waals surface area contributed by atoms with Crippen LogP contribution in [0.5, 0.6) is 11.5 Å². The van der Waals surface area contributed by atoms with E-state index in [1.807, 2.05) is 37.3 Å². The van der Waals surface area contributed by atoms with E-state index in [0.717, 1.165) is 11.1 Å². The number of anilines is 1. The predicted octanol–water partition coefficient (Wildman–Crippen LogP) is 5.48. The number of nitrogens with one attached hydrogen (secondary N) is 1. The number of hydrogen-bond acceptors (Lipinski definition) is 5. The van der Waals surface area contributed by atoms with E-state index in [4.69, 9.17) is 25.5 Å². The highest BCUT2D eigenvalue weighted by Crippen LogP contribution is 2.32. The summed E-state index contributed by atoms with van der Waals surface area (Å²) in [5.41, 5.74) is 3.53. The van der Waals surface area contributed by atoms with Crippen molar-refractivity contribution in [2.45, 2.75) is 6.92 Å². The standard InChI is InChI=1S/C23H19ClN2O4/c1-14-5-3-4-6-19(14)29-13-22(27)25-16-8-10-21-18(12-16)26-23(30-21)15-7-9-20(28-2)17(24)11-15/h3-12H,13H2,1-2H3,(H,25,27). The second-order valence-corrected chi connectivity index (χ2v) is 7.06. The fourth-order valence-corrected chi connectivity index (χ4v) is 3.24. The molecule has 0 radical (unpaired) electrons. The summed E-state index contributed by atoms with van der Waals surface area (Å²) in [6, 6.07) is 18.1. The van der Waals surface area contributed by atoms with Crippen LogP contribution in [0.3, 0.4) is 0 Å². The molecule has 0 unspecified atom stereocenters. The summed E-state index contributed by atoms with van der Waals surface area (Å²) in [5.74, 6) is 1.43. The van der Waals surface area contributed by atoms with Gasteiger partial charge in [0.25, 0.3) is 5.91 Å². The summed E-state index contributed by atoms with van der Waals surface area (Å²) < 4.78 is 16.6. The van der Waals surface area contributed by atoms with Crippen molar-refractivity contribution in [3.63, 3.8) is 0 Å². The molecule has 7 heteroatoms. The highest BCUT2D eigenvalue weighted by Gasteiger charge is 2.12. The highest BCUT2D eigenvalue weighted by atomic mass is 35.5. The van der Waals surface area contributed by atoms with E-state index < -0.39 is 0 Å². The fraction of sp³-hybridized carbons (Fsp3) is 0.130. The van der Waals surface area contributed by atoms with Crippen LogP contribution in [0.1, 0.15) is 5.56 Å². The number of fused-ring (bicyclic) bond motifs is 1. The van der Waals surface area contributed by atoms with Crippen LogP contribution in [0.25, 0.3) is 22.6 Å². The maximum absolute atomic E-state index is 12.3. The molecule has 0 aliphatic rings. The van der Waals surface area contributed by atoms with Gasteiger partial charge >= 0.3 is 0 Å². The van der Waals surface area contributed by atoms with Gasteiger partial charge in [0, 0.05) is 11.3 Å². The Morgan fingerprint density at radius 2 is 1.93 bits per heavy atom. The van der Waals surface area contributed by atoms with E-state index in [-0.39, 0.29) is 12.5 Å². The first-order chi connectivity index (χ1) is 14.5. The van der Waals surface area contributed by atoms with Crippen LogP contribution in [-0.2, 0) is 4.79 Å². The molecule has 0 atom stereocenters. The number of hydrogen-bond donors (Lipinski definition) is 1. The Kier molecular flexibility index (Phi) is 5.59. The van der Waals surface area contributed by atoms with Crippen molar-refractivity contribution in [1.82, 2.24) is 4.98 Å². The van der Waals surface area contributed by atoms with Crippen molar-refractivity contribution in [3.05, 3.63) is 71.2 Å². The Balaban J connectivity index is 1.47. The average Bonchev–Trinajstić information content (AvgIpc) is 3.16. The summed E-state index contributed by atoms with van der Waals surface area (Å²) in [6.45, 7) is 1.84. The normalized spacial score (nSPS) is 10.8. The van der Waals surface area contributed by atoms with Crippen molar-refractivity contribution < 1.29 is 18.7 Å². The minimum atomic E-state index is -0.261. The van der Waals surface area contributed by atoms with E-state index in [9.17, 15) is 4.79 Å². The number of rotatable bonds is 6. The Labute approximate surface area is 178 Å². The third-order valence-corrected chi connectivity index (χ3v) is 4.82. The molecule has 0 bridgehead atoms. The van der Waals surface area contributed by atoms with E-state index in [0.29, 0.717) is 39.2 Å². The number of aromatic nitrogens is 1. The predicted molar refractivity (Wildman–Crippen MR) is 116 cm³/mol. The van der Waals surface area contributed by atoms with Gasteiger partial charge in [0.2, 0.25) is 5.89 Å². The van der Waals surface area contributed by atoms with Crippen molar-refractivity contribution >= 4 is 34.3 Å². The molecule has 0 saturated heterocycles. The van der Waals surface area contributed by atoms with E-state index in [1.54, 1.807) is 37.4 Å². The topological polar surface area (TPSA) is 73.6 Å². The summed E-state index contributed by atoms with van der Waals surface area (Å²) in [4.78, 5) is 16.8. The van der Waals surface area contributed by atoms with Crippen LogP contribution in [0, 0.1) is 6.92 Å². The number of para-hydroxylation sites is 1. The Bertz CT molecular complexity index is 1220. The Morgan fingerprint density at radius 1 is 1.10 bits per heavy atom. The molecule has 30 heavy (non-hydrogen) atoms. The van der Waals surface area contributed by atoms with Crippen LogP contribution in [0.4, 0.5) is 5.69 Å². The minimum absolute atomic E-state index is 0.0860. The molecule has 0 fully saturated rings. The monoisotopic (exact) mass is 422 g/mol. The molecular formula is C23H19ClN2O4. The second-order valence-electron chi connectivity index (χ2n) is 6.65. The van der Waals surface area contributed by atoms with E-state index in [2.05, 4.69) is 10.3 Å². The summed E-state index contributed by atoms with van der Waals surface area (Å²) in [5, 5.41) is 3.28. The van der Waals surface area contributed by atoms with E-state index in [1.165, 1.54) is 0 Å². The lowest BCUT2D eigenvalue weighted by Gasteiger charge is -2.09. The maximum atomic E-state index is 12.3. The number of methoxy groups -OCH3 is 1. The Morgan fingerprint density at radius 3 is 2.70 bits per heavy atom. The fourth-order valence-electron chi connectivity index (χ4n) is 2.99. The number of ether oxygens (including phenoxy) is 2. The highest BCUT2D eigenvalue weighted by molar-refractivity contribution is 6.32. The SMILES string of the molecule is COc1ccc(-c2nc3cc(NC(=O)COc4ccccc4C)ccc3o2)cc1Cl. The molecule has 1 amide bonds. The van der Waals surface area contributed by atoms with Gasteiger partial charge in [-0.05, 0) is 55.0 Å². The molecule has 1 aromatic heterocycles. The average molecular weight is 423 g/mol. The molecular weight excluding hydrogens is 404 g/mol. The first-order valence-corrected chi connectivity index (χ1v) is 9.64. The van der Waals surface area contributed by atoms with Gasteiger partial charge in [0.05, 0.1) is 12.1 Å². The summed E-state index contributed by atoms with van der Waals surface area (Å²) in [6.07, 6.45) is 0. The molecule has 0 aliphatic heterocycles. The van der Waals surface area contributed by atoms with Crippen LogP contribution >= 0.6 is 11.6 Å². The lowest BCUT2D eigenvalue weighted by Crippen LogP contribution is -2.20. The number of carbonyl (C=O) groups is 1. The van der Waals surface area contributed by atoms with Gasteiger partial charge in [-0.1, -0.05) is 29.8 Å². The van der Waals surface area contributed by atoms with Gasteiger partial charge < -0.3 is 19.2 Å². The molecule has 152 valence electrons. The first-order valence-electron chi connectivity index (χ1n) is 9.26. The molecule has 1 heterocycles. The number of benzene rings is 3. The van der Waals surface area contributed by atoms with E-state index >= 15 is 0 Å². The zero-order valence-electron chi connectivity index (χ0n) is 16.4. The van der Waals surface area contributed by atoms with Crippen molar-refractivity contribution in [3.8, 4) is 23.0 Å². The van der Waals surface area contributed by atoms with Gasteiger partial charge in [-0.25, -0.2) is 4.98 Å². The summed E-state index contributed by atoms with van der Waals surface area (Å²) in [7, 11) is 1.56. The van der Waals surface area contributed by atoms with Crippen LogP contribution in [0.15, 0.2) is 65.1 Å². The third-order valence-electron chi connectivity index (χ3n) is 4.52. The molecule has 0 aliphatic carbocycles. The van der Waals surface area contributed by atoms with Gasteiger partial charge in [-0.3, -0.25) is 4.79 Å². The first kappa shape index (κ1) is 19.8. The van der Waals surface area contributed by atoms with Crippen LogP contribution < -0.4 is 14.8 Å². The second kappa shape index (κ2) is 8.47. The largest absolute Gasteiger partial charge is 0.495 e. The number of aryl methyl sites for hydroxylation is 1. The number of oxazole rings is 1. The lowest BCUT2D eigenvalue weighted by atomic mass is 10.2. The van der Waals surface area contributed by atoms with Crippen LogP contribution in [-0.4, -0.2) is 24.6 Å². The quantitative estimate of drug-likeness (QED) is 0.445. The number of carbonyl (C=O) groups excluding carboxylic acids is 1. The molecule has 1 N–H and O–H groups in total. The van der Waals surface area contributed by atoms with Gasteiger partial charge in [-0.15, -0.1) is 0 Å². The van der Waals surface area contributed by atoms with Gasteiger partial charge in [0.15, 0.2) is 12.2 Å². The minimum Gasteiger partial charge on any atom is -0.495 e. The molecule has 6 nitrogen and oxygen atoms in total. The zero-order chi connectivity index (χ0) is 21.1. The van der Waals surface area contributed by atoms with Crippen LogP contribution in [0.2, 0.25) is 5.02 Å². The molecule has 4 aromatic rings. The van der Waals surface area contributed by atoms with Crippen molar-refractivity contribution in [2.24, 2.45) is 0 Å². The molecule has 3 aromatic carbocycles. The zero-order valence-corrected chi connectivity index (χ0v) is 17.2. The van der Waals surface area contributed by atoms with Crippen molar-refractivity contribution in [2.75, 3.05) is 19.0 Å². The molecule has 0 spiro atoms. The number of halogens is 1. The van der Waals surface area contributed by atoms with Crippen molar-refractivity contribution in [1.29, 1.82) is 0 Å². The Hall–Kier alpha value is -3.51. The number of nitrogens with zero attached hydrogens (tertiary/aromatic N) is 1. The maximum Gasteiger partial charge on any atom is 0.262 e. The number of amides is 1. The van der Waals surface area contributed by atoms with Gasteiger partial charge in [0.1, 0.15) is 17.0 Å². The molecule has 4 rings (SSSR count). The lowest BCUT2D eigenvalue weighted by molar-refractivity contribution is -0.118. The van der Waals surface area contributed by atoms with Gasteiger partial charge in [-0.2, -0.15) is 0 Å². The third kappa shape index (κ3) is 4.23.